The minimum Gasteiger partial charge on any atom is -0.480 e. The molecule has 1 aliphatic rings. The Morgan fingerprint density at radius 2 is 2.47 bits per heavy atom. The maximum Gasteiger partial charge on any atom is 0.325 e. The van der Waals surface area contributed by atoms with E-state index in [9.17, 15) is 9.90 Å². The van der Waals surface area contributed by atoms with Crippen molar-refractivity contribution >= 4 is 17.7 Å². The van der Waals surface area contributed by atoms with E-state index in [0.29, 0.717) is 5.75 Å². The van der Waals surface area contributed by atoms with E-state index < -0.39 is 11.5 Å². The number of nitrogens with one attached hydrogen (secondary N) is 1. The third-order valence-electron chi connectivity index (χ3n) is 3.10. The minimum atomic E-state index is -0.824. The van der Waals surface area contributed by atoms with Crippen molar-refractivity contribution < 1.29 is 9.90 Å². The summed E-state index contributed by atoms with van der Waals surface area (Å²) in [6, 6.07) is 1.79. The summed E-state index contributed by atoms with van der Waals surface area (Å²) in [7, 11) is 1.72. The van der Waals surface area contributed by atoms with Crippen LogP contribution in [0.5, 0.6) is 0 Å². The van der Waals surface area contributed by atoms with E-state index in [1.165, 1.54) is 18.1 Å². The number of carboxylic acids is 1. The number of hydrogen-bond acceptors (Lipinski definition) is 5. The van der Waals surface area contributed by atoms with Gasteiger partial charge in [-0.3, -0.25) is 4.79 Å². The van der Waals surface area contributed by atoms with Gasteiger partial charge in [-0.05, 0) is 31.9 Å². The van der Waals surface area contributed by atoms with Gasteiger partial charge in [-0.15, -0.1) is 11.8 Å². The fraction of sp³-hybridized carbons (Fsp3) is 0.545. The largest absolute Gasteiger partial charge is 0.480 e. The number of nitrogens with zero attached hydrogens (tertiary/aromatic N) is 2. The number of rotatable bonds is 6. The molecular formula is C11H15N3O2S. The van der Waals surface area contributed by atoms with Gasteiger partial charge in [0.05, 0.1) is 5.03 Å². The Hall–Kier alpha value is -1.14. The molecule has 92 valence electrons. The predicted molar refractivity (Wildman–Crippen MR) is 64.9 cm³/mol. The quantitative estimate of drug-likeness (QED) is 0.582. The van der Waals surface area contributed by atoms with Gasteiger partial charge in [0.1, 0.15) is 11.9 Å². The molecule has 0 spiro atoms. The van der Waals surface area contributed by atoms with Gasteiger partial charge in [-0.2, -0.15) is 0 Å². The average Bonchev–Trinajstić information content (AvgIpc) is 3.16. The predicted octanol–water partition coefficient (Wildman–Crippen LogP) is 1.02. The summed E-state index contributed by atoms with van der Waals surface area (Å²) < 4.78 is 0. The van der Waals surface area contributed by atoms with Crippen molar-refractivity contribution in [3.8, 4) is 0 Å². The van der Waals surface area contributed by atoms with Gasteiger partial charge in [0.2, 0.25) is 0 Å². The first-order valence-electron chi connectivity index (χ1n) is 5.50. The molecular weight excluding hydrogens is 238 g/mol. The van der Waals surface area contributed by atoms with Gasteiger partial charge in [0.25, 0.3) is 0 Å². The molecule has 5 nitrogen and oxygen atoms in total. The third-order valence-corrected chi connectivity index (χ3v) is 4.24. The normalized spacial score (nSPS) is 18.6. The lowest BCUT2D eigenvalue weighted by molar-refractivity contribution is -0.144. The fourth-order valence-corrected chi connectivity index (χ4v) is 3.02. The van der Waals surface area contributed by atoms with E-state index in [0.717, 1.165) is 17.9 Å². The van der Waals surface area contributed by atoms with E-state index in [1.807, 2.05) is 0 Å². The molecule has 6 heteroatoms. The topological polar surface area (TPSA) is 75.1 Å². The molecule has 0 aromatic carbocycles. The number of likely N-dealkylation sites (N-methyl/N-ethyl adjacent to an activating group) is 1. The van der Waals surface area contributed by atoms with Gasteiger partial charge in [0.15, 0.2) is 0 Å². The van der Waals surface area contributed by atoms with Crippen LogP contribution in [0.1, 0.15) is 12.8 Å². The Balaban J connectivity index is 2.06. The first-order chi connectivity index (χ1) is 8.19. The second-order valence-corrected chi connectivity index (χ2v) is 5.13. The zero-order valence-corrected chi connectivity index (χ0v) is 10.4. The Morgan fingerprint density at radius 3 is 2.94 bits per heavy atom. The maximum absolute atomic E-state index is 11.4. The minimum absolute atomic E-state index is 0.235. The molecule has 0 aliphatic heterocycles. The summed E-state index contributed by atoms with van der Waals surface area (Å²) in [4.78, 5) is 19.4. The number of hydrogen-bond donors (Lipinski definition) is 2. The molecule has 1 fully saturated rings. The van der Waals surface area contributed by atoms with E-state index in [2.05, 4.69) is 15.3 Å². The van der Waals surface area contributed by atoms with Gasteiger partial charge < -0.3 is 10.4 Å². The highest BCUT2D eigenvalue weighted by Crippen LogP contribution is 2.42. The molecule has 1 aromatic rings. The van der Waals surface area contributed by atoms with Crippen molar-refractivity contribution in [1.29, 1.82) is 0 Å². The summed E-state index contributed by atoms with van der Waals surface area (Å²) in [5.41, 5.74) is -0.824. The van der Waals surface area contributed by atoms with Crippen molar-refractivity contribution in [2.45, 2.75) is 23.4 Å². The van der Waals surface area contributed by atoms with Crippen LogP contribution in [0, 0.1) is 5.92 Å². The lowest BCUT2D eigenvalue weighted by Crippen LogP contribution is -2.54. The van der Waals surface area contributed by atoms with Crippen LogP contribution in [0.3, 0.4) is 0 Å². The number of aliphatic carboxylic acids is 1. The van der Waals surface area contributed by atoms with Crippen molar-refractivity contribution in [3.63, 3.8) is 0 Å². The summed E-state index contributed by atoms with van der Waals surface area (Å²) >= 11 is 1.45. The van der Waals surface area contributed by atoms with E-state index in [1.54, 1.807) is 19.3 Å². The van der Waals surface area contributed by atoms with Crippen LogP contribution in [-0.4, -0.2) is 39.4 Å². The van der Waals surface area contributed by atoms with Crippen LogP contribution >= 0.6 is 11.8 Å². The first kappa shape index (κ1) is 12.3. The Kier molecular flexibility index (Phi) is 3.63. The molecule has 17 heavy (non-hydrogen) atoms. The third kappa shape index (κ3) is 2.58. The first-order valence-corrected chi connectivity index (χ1v) is 6.49. The van der Waals surface area contributed by atoms with Gasteiger partial charge in [-0.1, -0.05) is 0 Å². The number of thioether (sulfide) groups is 1. The van der Waals surface area contributed by atoms with Crippen LogP contribution in [0.4, 0.5) is 0 Å². The molecule has 1 aliphatic carbocycles. The second kappa shape index (κ2) is 5.01. The molecule has 2 rings (SSSR count). The Labute approximate surface area is 104 Å². The number of carboxylic acid groups (broad SMARTS) is 1. The molecule has 0 bridgehead atoms. The molecule has 2 N–H and O–H groups in total. The SMILES string of the molecule is CNC(CSc1ccncn1)(C(=O)O)C1CC1. The van der Waals surface area contributed by atoms with Crippen LogP contribution in [0.25, 0.3) is 0 Å². The van der Waals surface area contributed by atoms with E-state index >= 15 is 0 Å². The fourth-order valence-electron chi connectivity index (χ4n) is 1.87. The Bertz CT molecular complexity index is 397. The van der Waals surface area contributed by atoms with Crippen LogP contribution < -0.4 is 5.32 Å². The van der Waals surface area contributed by atoms with E-state index in [4.69, 9.17) is 0 Å². The summed E-state index contributed by atoms with van der Waals surface area (Å²) in [5.74, 6) is -0.0519. The summed E-state index contributed by atoms with van der Waals surface area (Å²) in [6.07, 6.45) is 5.10. The van der Waals surface area contributed by atoms with Crippen LogP contribution in [-0.2, 0) is 4.79 Å². The van der Waals surface area contributed by atoms with Gasteiger partial charge in [-0.25, -0.2) is 9.97 Å². The number of aromatic nitrogens is 2. The highest BCUT2D eigenvalue weighted by Gasteiger charge is 2.50. The van der Waals surface area contributed by atoms with Crippen LogP contribution in [0.2, 0.25) is 0 Å². The Morgan fingerprint density at radius 1 is 1.71 bits per heavy atom. The summed E-state index contributed by atoms with van der Waals surface area (Å²) in [5, 5.41) is 13.2. The lowest BCUT2D eigenvalue weighted by atomic mass is 9.96. The maximum atomic E-state index is 11.4. The monoisotopic (exact) mass is 253 g/mol. The lowest BCUT2D eigenvalue weighted by Gasteiger charge is -2.28. The molecule has 1 aromatic heterocycles. The standard InChI is InChI=1S/C11H15N3O2S/c1-12-11(10(15)16,8-2-3-8)6-17-9-4-5-13-7-14-9/h4-5,7-8,12H,2-3,6H2,1H3,(H,15,16). The molecule has 1 saturated carbocycles. The smallest absolute Gasteiger partial charge is 0.325 e. The zero-order chi connectivity index (χ0) is 12.3. The molecule has 0 amide bonds. The molecule has 0 saturated heterocycles. The summed E-state index contributed by atoms with van der Waals surface area (Å²) in [6.45, 7) is 0. The molecule has 1 atom stereocenters. The van der Waals surface area contributed by atoms with Gasteiger partial charge >= 0.3 is 5.97 Å². The molecule has 1 heterocycles. The number of carbonyl (C=O) groups is 1. The van der Waals surface area contributed by atoms with Crippen molar-refractivity contribution in [2.75, 3.05) is 12.8 Å². The highest BCUT2D eigenvalue weighted by molar-refractivity contribution is 7.99. The van der Waals surface area contributed by atoms with Crippen molar-refractivity contribution in [3.05, 3.63) is 18.6 Å². The van der Waals surface area contributed by atoms with E-state index in [-0.39, 0.29) is 5.92 Å². The van der Waals surface area contributed by atoms with Crippen molar-refractivity contribution in [1.82, 2.24) is 15.3 Å². The van der Waals surface area contributed by atoms with Crippen LogP contribution in [0.15, 0.2) is 23.6 Å². The second-order valence-electron chi connectivity index (χ2n) is 4.14. The van der Waals surface area contributed by atoms with Gasteiger partial charge in [0, 0.05) is 11.9 Å². The average molecular weight is 253 g/mol. The van der Waals surface area contributed by atoms with Crippen molar-refractivity contribution in [2.24, 2.45) is 5.92 Å². The highest BCUT2D eigenvalue weighted by atomic mass is 32.2. The zero-order valence-electron chi connectivity index (χ0n) is 9.59. The molecule has 0 radical (unpaired) electrons. The molecule has 1 unspecified atom stereocenters.